The lowest BCUT2D eigenvalue weighted by Crippen LogP contribution is -2.16. The lowest BCUT2D eigenvalue weighted by atomic mass is 10.1. The zero-order valence-electron chi connectivity index (χ0n) is 11.9. The molecule has 0 saturated carbocycles. The van der Waals surface area contributed by atoms with Gasteiger partial charge in [-0.25, -0.2) is 12.8 Å². The monoisotopic (exact) mass is 308 g/mol. The Balaban J connectivity index is 2.47. The third-order valence-corrected chi connectivity index (χ3v) is 4.77. The summed E-state index contributed by atoms with van der Waals surface area (Å²) in [5.41, 5.74) is 7.80. The van der Waals surface area contributed by atoms with E-state index in [1.54, 1.807) is 19.1 Å². The van der Waals surface area contributed by atoms with Crippen LogP contribution in [0.3, 0.4) is 0 Å². The summed E-state index contributed by atoms with van der Waals surface area (Å²) in [7, 11) is -3.86. The molecule has 0 bridgehead atoms. The number of anilines is 1. The topological polar surface area (TPSA) is 72.2 Å². The van der Waals surface area contributed by atoms with E-state index in [0.717, 1.165) is 11.1 Å². The van der Waals surface area contributed by atoms with Gasteiger partial charge in [0.1, 0.15) is 5.82 Å². The van der Waals surface area contributed by atoms with Crippen LogP contribution in [0.4, 0.5) is 10.1 Å². The third-order valence-electron chi connectivity index (χ3n) is 3.26. The Labute approximate surface area is 123 Å². The maximum absolute atomic E-state index is 13.6. The summed E-state index contributed by atoms with van der Waals surface area (Å²) in [6.45, 7) is 3.81. The third kappa shape index (κ3) is 3.22. The highest BCUT2D eigenvalue weighted by Crippen LogP contribution is 2.24. The average molecular weight is 308 g/mol. The summed E-state index contributed by atoms with van der Waals surface area (Å²) in [4.78, 5) is 0.108. The molecule has 2 aromatic rings. The zero-order chi connectivity index (χ0) is 15.6. The van der Waals surface area contributed by atoms with E-state index in [-0.39, 0.29) is 17.1 Å². The normalized spacial score (nSPS) is 11.4. The van der Waals surface area contributed by atoms with E-state index < -0.39 is 15.8 Å². The largest absolute Gasteiger partial charge is 0.326 e. The number of sulfonamides is 1. The van der Waals surface area contributed by atoms with E-state index in [1.165, 1.54) is 24.3 Å². The van der Waals surface area contributed by atoms with Crippen LogP contribution >= 0.6 is 0 Å². The lowest BCUT2D eigenvalue weighted by Gasteiger charge is -2.13. The highest BCUT2D eigenvalue weighted by atomic mass is 32.2. The molecule has 0 unspecified atom stereocenters. The highest BCUT2D eigenvalue weighted by molar-refractivity contribution is 7.92. The smallest absolute Gasteiger partial charge is 0.262 e. The van der Waals surface area contributed by atoms with Crippen LogP contribution in [-0.4, -0.2) is 8.42 Å². The Hall–Kier alpha value is -1.92. The van der Waals surface area contributed by atoms with Crippen LogP contribution in [0.1, 0.15) is 16.7 Å². The lowest BCUT2D eigenvalue weighted by molar-refractivity contribution is 0.598. The Morgan fingerprint density at radius 3 is 2.43 bits per heavy atom. The summed E-state index contributed by atoms with van der Waals surface area (Å²) >= 11 is 0. The van der Waals surface area contributed by atoms with Gasteiger partial charge < -0.3 is 5.73 Å². The van der Waals surface area contributed by atoms with Crippen molar-refractivity contribution in [2.75, 3.05) is 4.72 Å². The fourth-order valence-corrected chi connectivity index (χ4v) is 3.47. The molecule has 0 radical (unpaired) electrons. The van der Waals surface area contributed by atoms with Gasteiger partial charge in [0, 0.05) is 6.54 Å². The zero-order valence-corrected chi connectivity index (χ0v) is 12.7. The molecule has 112 valence electrons. The number of nitrogens with two attached hydrogens (primary N) is 1. The van der Waals surface area contributed by atoms with E-state index in [2.05, 4.69) is 4.72 Å². The van der Waals surface area contributed by atoms with E-state index in [9.17, 15) is 12.8 Å². The quantitative estimate of drug-likeness (QED) is 0.912. The van der Waals surface area contributed by atoms with Gasteiger partial charge in [0.2, 0.25) is 0 Å². The molecule has 2 aromatic carbocycles. The standard InChI is InChI=1S/C15H17FN2O2S/c1-10-7-11(2)15(8-12(10)9-17)21(19,20)18-14-6-4-3-5-13(14)16/h3-8,18H,9,17H2,1-2H3. The molecule has 3 N–H and O–H groups in total. The average Bonchev–Trinajstić information content (AvgIpc) is 2.41. The number of para-hydroxylation sites is 1. The molecule has 0 fully saturated rings. The second-order valence-electron chi connectivity index (χ2n) is 4.83. The number of rotatable bonds is 4. The number of hydrogen-bond donors (Lipinski definition) is 2. The maximum Gasteiger partial charge on any atom is 0.262 e. The van der Waals surface area contributed by atoms with Gasteiger partial charge in [0.15, 0.2) is 0 Å². The molecule has 4 nitrogen and oxygen atoms in total. The molecular weight excluding hydrogens is 291 g/mol. The van der Waals surface area contributed by atoms with Crippen LogP contribution in [0.5, 0.6) is 0 Å². The Morgan fingerprint density at radius 2 is 1.81 bits per heavy atom. The van der Waals surface area contributed by atoms with Crippen LogP contribution in [0.25, 0.3) is 0 Å². The minimum absolute atomic E-state index is 0.0771. The molecule has 0 amide bonds. The minimum atomic E-state index is -3.86. The molecule has 6 heteroatoms. The minimum Gasteiger partial charge on any atom is -0.326 e. The van der Waals surface area contributed by atoms with Crippen LogP contribution < -0.4 is 10.5 Å². The van der Waals surface area contributed by atoms with Gasteiger partial charge in [-0.3, -0.25) is 4.72 Å². The van der Waals surface area contributed by atoms with Crippen molar-refractivity contribution in [1.82, 2.24) is 0 Å². The number of benzene rings is 2. The number of halogens is 1. The molecule has 0 heterocycles. The molecule has 0 atom stereocenters. The molecule has 0 aliphatic carbocycles. The van der Waals surface area contributed by atoms with Crippen LogP contribution in [0, 0.1) is 19.7 Å². The number of hydrogen-bond acceptors (Lipinski definition) is 3. The van der Waals surface area contributed by atoms with Gasteiger partial charge in [0.25, 0.3) is 10.0 Å². The molecule has 0 spiro atoms. The summed E-state index contributed by atoms with van der Waals surface area (Å²) in [6.07, 6.45) is 0. The predicted octanol–water partition coefficient (Wildman–Crippen LogP) is 2.70. The maximum atomic E-state index is 13.6. The first-order valence-corrected chi connectivity index (χ1v) is 7.91. The second kappa shape index (κ2) is 5.83. The van der Waals surface area contributed by atoms with Crippen LogP contribution in [0.2, 0.25) is 0 Å². The van der Waals surface area contributed by atoms with Crippen molar-refractivity contribution < 1.29 is 12.8 Å². The molecule has 0 aliphatic rings. The second-order valence-corrected chi connectivity index (χ2v) is 6.48. The van der Waals surface area contributed by atoms with E-state index in [0.29, 0.717) is 5.56 Å². The highest BCUT2D eigenvalue weighted by Gasteiger charge is 2.19. The summed E-state index contributed by atoms with van der Waals surface area (Å²) < 4.78 is 40.7. The Bertz CT molecular complexity index is 773. The van der Waals surface area contributed by atoms with Crippen molar-refractivity contribution in [3.8, 4) is 0 Å². The van der Waals surface area contributed by atoms with Crippen LogP contribution in [-0.2, 0) is 16.6 Å². The van der Waals surface area contributed by atoms with Gasteiger partial charge in [-0.05, 0) is 48.7 Å². The first-order chi connectivity index (χ1) is 9.85. The Morgan fingerprint density at radius 1 is 1.14 bits per heavy atom. The number of aryl methyl sites for hydroxylation is 2. The van der Waals surface area contributed by atoms with Gasteiger partial charge in [-0.1, -0.05) is 18.2 Å². The van der Waals surface area contributed by atoms with Crippen molar-refractivity contribution in [2.24, 2.45) is 5.73 Å². The molecular formula is C15H17FN2O2S. The van der Waals surface area contributed by atoms with Crippen molar-refractivity contribution in [1.29, 1.82) is 0 Å². The summed E-state index contributed by atoms with van der Waals surface area (Å²) in [5.74, 6) is -0.620. The molecule has 21 heavy (non-hydrogen) atoms. The van der Waals surface area contributed by atoms with Crippen LogP contribution in [0.15, 0.2) is 41.3 Å². The van der Waals surface area contributed by atoms with Gasteiger partial charge in [-0.15, -0.1) is 0 Å². The fourth-order valence-electron chi connectivity index (χ4n) is 2.13. The predicted molar refractivity (Wildman–Crippen MR) is 81.0 cm³/mol. The summed E-state index contributed by atoms with van der Waals surface area (Å²) in [5, 5.41) is 0. The fraction of sp³-hybridized carbons (Fsp3) is 0.200. The number of nitrogens with one attached hydrogen (secondary N) is 1. The van der Waals surface area contributed by atoms with Crippen molar-refractivity contribution >= 4 is 15.7 Å². The van der Waals surface area contributed by atoms with Crippen molar-refractivity contribution in [2.45, 2.75) is 25.3 Å². The van der Waals surface area contributed by atoms with E-state index in [1.807, 2.05) is 6.92 Å². The van der Waals surface area contributed by atoms with Gasteiger partial charge in [0.05, 0.1) is 10.6 Å². The first-order valence-electron chi connectivity index (χ1n) is 6.42. The van der Waals surface area contributed by atoms with E-state index >= 15 is 0 Å². The Kier molecular flexibility index (Phi) is 4.29. The van der Waals surface area contributed by atoms with Crippen molar-refractivity contribution in [3.05, 3.63) is 58.9 Å². The molecule has 0 saturated heterocycles. The molecule has 0 aromatic heterocycles. The molecule has 0 aliphatic heterocycles. The molecule has 2 rings (SSSR count). The summed E-state index contributed by atoms with van der Waals surface area (Å²) in [6, 6.07) is 8.93. The van der Waals surface area contributed by atoms with E-state index in [4.69, 9.17) is 5.73 Å². The van der Waals surface area contributed by atoms with Gasteiger partial charge in [-0.2, -0.15) is 0 Å². The first kappa shape index (κ1) is 15.5. The SMILES string of the molecule is Cc1cc(C)c(S(=O)(=O)Nc2ccccc2F)cc1CN. The van der Waals surface area contributed by atoms with Gasteiger partial charge >= 0.3 is 0 Å². The van der Waals surface area contributed by atoms with Crippen molar-refractivity contribution in [3.63, 3.8) is 0 Å².